The van der Waals surface area contributed by atoms with Gasteiger partial charge in [-0.2, -0.15) is 12.6 Å². The van der Waals surface area contributed by atoms with Crippen LogP contribution in [0.15, 0.2) is 60.7 Å². The van der Waals surface area contributed by atoms with Crippen LogP contribution in [0.5, 0.6) is 0 Å². The molecule has 2 aromatic heterocycles. The fourth-order valence-electron chi connectivity index (χ4n) is 9.27. The van der Waals surface area contributed by atoms with E-state index in [9.17, 15) is 9.59 Å². The summed E-state index contributed by atoms with van der Waals surface area (Å²) >= 11 is 5.13. The Bertz CT molecular complexity index is 2250. The van der Waals surface area contributed by atoms with E-state index in [0.29, 0.717) is 11.8 Å². The monoisotopic (exact) mass is 802 g/mol. The van der Waals surface area contributed by atoms with E-state index in [4.69, 9.17) is 22.6 Å². The van der Waals surface area contributed by atoms with Crippen LogP contribution < -0.4 is 0 Å². The van der Waals surface area contributed by atoms with E-state index < -0.39 is 11.0 Å². The van der Waals surface area contributed by atoms with Gasteiger partial charge < -0.3 is 19.8 Å². The van der Waals surface area contributed by atoms with Gasteiger partial charge in [0, 0.05) is 30.5 Å². The number of nitrogens with one attached hydrogen (secondary N) is 2. The summed E-state index contributed by atoms with van der Waals surface area (Å²) < 4.78 is 0. The molecule has 6 atom stereocenters. The molecule has 6 unspecified atom stereocenters. The summed E-state index contributed by atoms with van der Waals surface area (Å²) in [4.78, 5) is 48.8. The molecule has 0 saturated carbocycles. The van der Waals surface area contributed by atoms with E-state index in [1.165, 1.54) is 11.1 Å². The van der Waals surface area contributed by atoms with Crippen LogP contribution in [0.25, 0.3) is 33.2 Å². The van der Waals surface area contributed by atoms with Gasteiger partial charge in [-0.15, -0.1) is 0 Å². The Morgan fingerprint density at radius 1 is 0.845 bits per heavy atom. The second kappa shape index (κ2) is 16.5. The molecule has 58 heavy (non-hydrogen) atoms. The zero-order valence-corrected chi connectivity index (χ0v) is 37.4. The van der Waals surface area contributed by atoms with Gasteiger partial charge in [-0.1, -0.05) is 91.8 Å². The van der Waals surface area contributed by atoms with Gasteiger partial charge >= 0.3 is 0 Å². The molecule has 0 spiro atoms. The number of nitrogens with zero attached hydrogens (tertiary/aromatic N) is 4. The number of fused-ring (bicyclic) bond motifs is 2. The first-order valence-electron chi connectivity index (χ1n) is 21.9. The maximum absolute atomic E-state index is 13.8. The minimum absolute atomic E-state index is 0.00820. The topological polar surface area (TPSA) is 98.0 Å². The summed E-state index contributed by atoms with van der Waals surface area (Å²) in [5, 5.41) is -0.0763. The molecule has 0 bridgehead atoms. The Morgan fingerprint density at radius 3 is 2.19 bits per heavy atom. The van der Waals surface area contributed by atoms with E-state index in [1.807, 2.05) is 0 Å². The first kappa shape index (κ1) is 42.0. The van der Waals surface area contributed by atoms with E-state index in [0.717, 1.165) is 96.5 Å². The molecule has 2 fully saturated rings. The van der Waals surface area contributed by atoms with Crippen molar-refractivity contribution in [2.24, 2.45) is 35.0 Å². The Balaban J connectivity index is 0.992. The number of carbonyl (C=O) groups is 2. The molecule has 3 aromatic carbocycles. The van der Waals surface area contributed by atoms with Crippen molar-refractivity contribution in [1.82, 2.24) is 29.7 Å². The van der Waals surface area contributed by atoms with Crippen molar-refractivity contribution in [2.45, 2.75) is 125 Å². The van der Waals surface area contributed by atoms with Gasteiger partial charge in [0.05, 0.1) is 32.9 Å². The lowest BCUT2D eigenvalue weighted by atomic mass is 9.79. The minimum Gasteiger partial charge on any atom is -0.341 e. The van der Waals surface area contributed by atoms with Crippen molar-refractivity contribution in [3.8, 4) is 11.1 Å². The molecule has 0 radical (unpaired) electrons. The van der Waals surface area contributed by atoms with Crippen LogP contribution in [-0.2, 0) is 28.0 Å². The number of benzene rings is 3. The van der Waals surface area contributed by atoms with Crippen molar-refractivity contribution >= 4 is 46.5 Å². The number of aromatic nitrogens is 4. The van der Waals surface area contributed by atoms with Crippen molar-refractivity contribution in [2.75, 3.05) is 13.1 Å². The highest BCUT2D eigenvalue weighted by atomic mass is 32.1. The predicted molar refractivity (Wildman–Crippen MR) is 241 cm³/mol. The summed E-state index contributed by atoms with van der Waals surface area (Å²) in [6.45, 7) is 23.0. The predicted octanol–water partition coefficient (Wildman–Crippen LogP) is 10.9. The number of hydrogen-bond donors (Lipinski definition) is 3. The molecule has 2 aliphatic heterocycles. The number of amides is 2. The lowest BCUT2D eigenvalue weighted by Gasteiger charge is -2.43. The fourth-order valence-corrected chi connectivity index (χ4v) is 9.79. The quantitative estimate of drug-likeness (QED) is 0.109. The van der Waals surface area contributed by atoms with Crippen LogP contribution in [0.4, 0.5) is 0 Å². The average molecular weight is 803 g/mol. The van der Waals surface area contributed by atoms with Crippen molar-refractivity contribution in [3.05, 3.63) is 83.4 Å². The van der Waals surface area contributed by atoms with E-state index >= 15 is 0 Å². The average Bonchev–Trinajstić information content (AvgIpc) is 3.95. The Kier molecular flexibility index (Phi) is 12.0. The van der Waals surface area contributed by atoms with Crippen LogP contribution in [0.2, 0.25) is 0 Å². The molecule has 2 amide bonds. The third-order valence-electron chi connectivity index (χ3n) is 14.7. The van der Waals surface area contributed by atoms with Gasteiger partial charge in [0.1, 0.15) is 11.6 Å². The van der Waals surface area contributed by atoms with Gasteiger partial charge in [0.15, 0.2) is 0 Å². The molecule has 8 nitrogen and oxygen atoms in total. The number of thiol groups is 1. The van der Waals surface area contributed by atoms with Gasteiger partial charge in [0.2, 0.25) is 11.8 Å². The molecular formula is C49H66N6O2S. The van der Waals surface area contributed by atoms with Gasteiger partial charge in [0.25, 0.3) is 0 Å². The zero-order valence-electron chi connectivity index (χ0n) is 36.5. The van der Waals surface area contributed by atoms with Crippen LogP contribution >= 0.6 is 12.6 Å². The highest BCUT2D eigenvalue weighted by molar-refractivity contribution is 7.80. The molecule has 9 heteroatoms. The third-order valence-corrected chi connectivity index (χ3v) is 15.3. The van der Waals surface area contributed by atoms with Gasteiger partial charge in [-0.25, -0.2) is 9.97 Å². The number of H-pyrrole nitrogens is 2. The zero-order chi connectivity index (χ0) is 41.7. The van der Waals surface area contributed by atoms with E-state index in [-0.39, 0.29) is 40.9 Å². The first-order valence-corrected chi connectivity index (χ1v) is 22.4. The number of hydrogen-bond acceptors (Lipinski definition) is 5. The third kappa shape index (κ3) is 7.97. The Hall–Kier alpha value is -4.11. The maximum Gasteiger partial charge on any atom is 0.229 e. The molecule has 2 aliphatic rings. The lowest BCUT2D eigenvalue weighted by molar-refractivity contribution is -0.147. The number of carbonyl (C=O) groups excluding carboxylic acids is 2. The molecule has 7 rings (SSSR count). The Morgan fingerprint density at radius 2 is 1.48 bits per heavy atom. The molecule has 2 N–H and O–H groups in total. The summed E-state index contributed by atoms with van der Waals surface area (Å²) in [6.07, 6.45) is 5.76. The minimum atomic E-state index is -0.452. The second-order valence-electron chi connectivity index (χ2n) is 19.1. The molecule has 4 heterocycles. The fraction of sp³-hybridized carbons (Fsp3) is 0.551. The van der Waals surface area contributed by atoms with Crippen LogP contribution in [0.1, 0.15) is 123 Å². The number of aromatic amines is 2. The van der Waals surface area contributed by atoms with Crippen molar-refractivity contribution in [1.29, 1.82) is 0 Å². The standard InChI is InChI=1S/C49H66N6O2S/c1-29(2)31(5)32(6)45(56)54-25-11-13-38(33(54)7)43(58)44-50-39-22-18-35(27-41(39)51-44)15-14-34-16-19-36(20-17-34)37-21-23-40-42(28-37)53-46(52-40)49(10)24-12-26-55(49)47(57)48(8,9)30(3)4/h16-23,27-33,38,43,58H,11-15,24-26H2,1-10H3,(H,50,51)(H,52,53). The molecular weight excluding hydrogens is 737 g/mol. The molecule has 2 saturated heterocycles. The smallest absolute Gasteiger partial charge is 0.229 e. The molecule has 310 valence electrons. The van der Waals surface area contributed by atoms with E-state index in [1.54, 1.807) is 0 Å². The van der Waals surface area contributed by atoms with Crippen LogP contribution in [0.3, 0.4) is 0 Å². The van der Waals surface area contributed by atoms with Crippen molar-refractivity contribution < 1.29 is 9.59 Å². The summed E-state index contributed by atoms with van der Waals surface area (Å²) in [5.74, 6) is 3.54. The highest BCUT2D eigenvalue weighted by Crippen LogP contribution is 2.43. The number of rotatable bonds is 12. The van der Waals surface area contributed by atoms with Crippen LogP contribution in [0, 0.1) is 35.0 Å². The number of likely N-dealkylation sites (tertiary alicyclic amines) is 2. The van der Waals surface area contributed by atoms with Gasteiger partial charge in [-0.3, -0.25) is 9.59 Å². The van der Waals surface area contributed by atoms with Gasteiger partial charge in [-0.05, 0) is 123 Å². The SMILES string of the molecule is CC(C)C(C)C(C)C(=O)N1CCCC(C(S)c2nc3ccc(CCc4ccc(-c5ccc6nc(C7(C)CCCN7C(=O)C(C)(C)C(C)C)[nH]c6c5)cc4)cc3[nH]2)C1C. The number of aryl methyl sites for hydroxylation is 2. The first-order chi connectivity index (χ1) is 27.5. The van der Waals surface area contributed by atoms with Crippen molar-refractivity contribution in [3.63, 3.8) is 0 Å². The largest absolute Gasteiger partial charge is 0.341 e. The number of imidazole rings is 2. The Labute approximate surface area is 351 Å². The maximum atomic E-state index is 13.8. The highest BCUT2D eigenvalue weighted by Gasteiger charge is 2.48. The van der Waals surface area contributed by atoms with E-state index in [2.05, 4.69) is 150 Å². The summed E-state index contributed by atoms with van der Waals surface area (Å²) in [5.41, 5.74) is 7.89. The summed E-state index contributed by atoms with van der Waals surface area (Å²) in [7, 11) is 0. The molecule has 0 aliphatic carbocycles. The summed E-state index contributed by atoms with van der Waals surface area (Å²) in [6, 6.07) is 22.0. The number of piperidine rings is 1. The lowest BCUT2D eigenvalue weighted by Crippen LogP contribution is -2.50. The normalized spacial score (nSPS) is 22.0. The van der Waals surface area contributed by atoms with Crippen LogP contribution in [-0.4, -0.2) is 60.7 Å². The second-order valence-corrected chi connectivity index (χ2v) is 19.7. The molecule has 5 aromatic rings.